The lowest BCUT2D eigenvalue weighted by atomic mass is 9.53. The maximum atomic E-state index is 13.3. The van der Waals surface area contributed by atoms with Crippen LogP contribution in [0.1, 0.15) is 65.6 Å². The van der Waals surface area contributed by atoms with Gasteiger partial charge in [-0.2, -0.15) is 0 Å². The lowest BCUT2D eigenvalue weighted by molar-refractivity contribution is -0.0167. The van der Waals surface area contributed by atoms with Crippen LogP contribution >= 0.6 is 0 Å². The largest absolute Gasteiger partial charge is 0.347 e. The van der Waals surface area contributed by atoms with Crippen LogP contribution in [0.4, 0.5) is 5.69 Å². The predicted molar refractivity (Wildman–Crippen MR) is 126 cm³/mol. The van der Waals surface area contributed by atoms with Crippen LogP contribution in [-0.2, 0) is 10.0 Å². The van der Waals surface area contributed by atoms with E-state index in [4.69, 9.17) is 0 Å². The third-order valence-corrected chi connectivity index (χ3v) is 9.51. The van der Waals surface area contributed by atoms with Crippen LogP contribution in [-0.4, -0.2) is 19.9 Å². The van der Waals surface area contributed by atoms with Gasteiger partial charge in [-0.3, -0.25) is 9.52 Å². The molecule has 1 amide bonds. The van der Waals surface area contributed by atoms with E-state index in [9.17, 15) is 13.2 Å². The number of carbonyl (C=O) groups excluding carboxylic acids is 1. The Morgan fingerprint density at radius 3 is 2.16 bits per heavy atom. The molecule has 4 saturated carbocycles. The minimum atomic E-state index is -3.82. The summed E-state index contributed by atoms with van der Waals surface area (Å²) in [7, 11) is -3.82. The number of carbonyl (C=O) groups is 1. The fourth-order valence-corrected chi connectivity index (χ4v) is 8.06. The van der Waals surface area contributed by atoms with Crippen molar-refractivity contribution in [2.45, 2.75) is 69.7 Å². The number of benzene rings is 2. The highest BCUT2D eigenvalue weighted by Crippen LogP contribution is 2.55. The standard InChI is InChI=1S/C26H32N2O3S/c1-16-5-4-6-23(18(16)3)28-32(30,31)24-12-22(8-7-17(24)2)25(29)27-26-13-19-9-20(14-26)11-21(10-19)15-26/h4-8,12,19-21,28H,9-11,13-15H2,1-3H3,(H,27,29). The Morgan fingerprint density at radius 2 is 1.53 bits per heavy atom. The molecule has 4 aliphatic rings. The summed E-state index contributed by atoms with van der Waals surface area (Å²) in [6.07, 6.45) is 7.13. The lowest BCUT2D eigenvalue weighted by Gasteiger charge is -2.56. The van der Waals surface area contributed by atoms with E-state index in [1.807, 2.05) is 26.0 Å². The molecule has 0 unspecified atom stereocenters. The molecule has 0 radical (unpaired) electrons. The highest BCUT2D eigenvalue weighted by Gasteiger charge is 2.51. The maximum absolute atomic E-state index is 13.3. The zero-order valence-corrected chi connectivity index (χ0v) is 19.9. The van der Waals surface area contributed by atoms with Crippen LogP contribution in [0.3, 0.4) is 0 Å². The van der Waals surface area contributed by atoms with Crippen LogP contribution in [0.2, 0.25) is 0 Å². The summed E-state index contributed by atoms with van der Waals surface area (Å²) in [6.45, 7) is 5.61. The van der Waals surface area contributed by atoms with Crippen molar-refractivity contribution < 1.29 is 13.2 Å². The molecule has 6 rings (SSSR count). The van der Waals surface area contributed by atoms with E-state index in [2.05, 4.69) is 10.0 Å². The summed E-state index contributed by atoms with van der Waals surface area (Å²) in [6, 6.07) is 10.5. The SMILES string of the molecule is Cc1ccc(C(=O)NC23CC4CC(CC(C4)C2)C3)cc1S(=O)(=O)Nc1cccc(C)c1C. The van der Waals surface area contributed by atoms with E-state index < -0.39 is 10.0 Å². The zero-order chi connectivity index (χ0) is 22.7. The molecule has 6 heteroatoms. The van der Waals surface area contributed by atoms with Gasteiger partial charge in [-0.1, -0.05) is 18.2 Å². The Bertz CT molecular complexity index is 1150. The molecule has 0 aliphatic heterocycles. The molecule has 5 nitrogen and oxygen atoms in total. The van der Waals surface area contributed by atoms with Gasteiger partial charge in [-0.05, 0) is 112 Å². The van der Waals surface area contributed by atoms with Gasteiger partial charge in [0, 0.05) is 11.1 Å². The Kier molecular flexibility index (Phi) is 5.12. The van der Waals surface area contributed by atoms with Gasteiger partial charge >= 0.3 is 0 Å². The van der Waals surface area contributed by atoms with Crippen LogP contribution < -0.4 is 10.0 Å². The van der Waals surface area contributed by atoms with Gasteiger partial charge < -0.3 is 5.32 Å². The highest BCUT2D eigenvalue weighted by atomic mass is 32.2. The van der Waals surface area contributed by atoms with Gasteiger partial charge in [-0.25, -0.2) is 8.42 Å². The fourth-order valence-electron chi connectivity index (χ4n) is 6.67. The molecule has 2 N–H and O–H groups in total. The number of hydrogen-bond donors (Lipinski definition) is 2. The first-order valence-electron chi connectivity index (χ1n) is 11.7. The number of rotatable bonds is 5. The molecule has 4 fully saturated rings. The van der Waals surface area contributed by atoms with Gasteiger partial charge in [-0.15, -0.1) is 0 Å². The lowest BCUT2D eigenvalue weighted by Crippen LogP contribution is -2.59. The van der Waals surface area contributed by atoms with Crippen molar-refractivity contribution in [2.75, 3.05) is 4.72 Å². The smallest absolute Gasteiger partial charge is 0.262 e. The van der Waals surface area contributed by atoms with Crippen LogP contribution in [0, 0.1) is 38.5 Å². The summed E-state index contributed by atoms with van der Waals surface area (Å²) in [5.41, 5.74) is 3.40. The fraction of sp³-hybridized carbons (Fsp3) is 0.500. The van der Waals surface area contributed by atoms with Crippen molar-refractivity contribution in [1.29, 1.82) is 0 Å². The number of nitrogens with one attached hydrogen (secondary N) is 2. The predicted octanol–water partition coefficient (Wildman–Crippen LogP) is 5.11. The second kappa shape index (κ2) is 7.62. The highest BCUT2D eigenvalue weighted by molar-refractivity contribution is 7.92. The molecule has 0 heterocycles. The number of sulfonamides is 1. The second-order valence-corrected chi connectivity index (χ2v) is 12.1. The average molecular weight is 453 g/mol. The summed E-state index contributed by atoms with van der Waals surface area (Å²) in [5, 5.41) is 3.35. The molecule has 0 atom stereocenters. The molecule has 2 aromatic carbocycles. The zero-order valence-electron chi connectivity index (χ0n) is 19.1. The van der Waals surface area contributed by atoms with Crippen LogP contribution in [0.15, 0.2) is 41.3 Å². The Labute approximate surface area is 191 Å². The maximum Gasteiger partial charge on any atom is 0.262 e. The van der Waals surface area contributed by atoms with Gasteiger partial charge in [0.05, 0.1) is 10.6 Å². The van der Waals surface area contributed by atoms with E-state index in [0.29, 0.717) is 16.8 Å². The van der Waals surface area contributed by atoms with E-state index in [1.165, 1.54) is 25.3 Å². The molecular weight excluding hydrogens is 420 g/mol. The van der Waals surface area contributed by atoms with Crippen molar-refractivity contribution in [3.8, 4) is 0 Å². The van der Waals surface area contributed by atoms with Crippen LogP contribution in [0.5, 0.6) is 0 Å². The first-order chi connectivity index (χ1) is 15.1. The van der Waals surface area contributed by atoms with E-state index in [1.54, 1.807) is 25.1 Å². The Morgan fingerprint density at radius 1 is 0.906 bits per heavy atom. The van der Waals surface area contributed by atoms with Crippen molar-refractivity contribution >= 4 is 21.6 Å². The van der Waals surface area contributed by atoms with Gasteiger partial charge in [0.15, 0.2) is 0 Å². The van der Waals surface area contributed by atoms with Gasteiger partial charge in [0.25, 0.3) is 15.9 Å². The van der Waals surface area contributed by atoms with Crippen molar-refractivity contribution in [1.82, 2.24) is 5.32 Å². The van der Waals surface area contributed by atoms with Crippen molar-refractivity contribution in [3.05, 3.63) is 58.7 Å². The molecule has 170 valence electrons. The molecular formula is C26H32N2O3S. The number of anilines is 1. The third-order valence-electron chi connectivity index (χ3n) is 8.01. The van der Waals surface area contributed by atoms with Gasteiger partial charge in [0.2, 0.25) is 0 Å². The normalized spacial score (nSPS) is 28.5. The van der Waals surface area contributed by atoms with E-state index in [-0.39, 0.29) is 16.3 Å². The average Bonchev–Trinajstić information content (AvgIpc) is 2.70. The molecule has 32 heavy (non-hydrogen) atoms. The molecule has 0 saturated heterocycles. The summed E-state index contributed by atoms with van der Waals surface area (Å²) in [4.78, 5) is 13.4. The molecule has 4 bridgehead atoms. The Hall–Kier alpha value is -2.34. The molecule has 2 aromatic rings. The summed E-state index contributed by atoms with van der Waals surface area (Å²) >= 11 is 0. The third kappa shape index (κ3) is 3.83. The van der Waals surface area contributed by atoms with Gasteiger partial charge in [0.1, 0.15) is 0 Å². The van der Waals surface area contributed by atoms with Crippen molar-refractivity contribution in [2.24, 2.45) is 17.8 Å². The summed E-state index contributed by atoms with van der Waals surface area (Å²) in [5.74, 6) is 2.04. The quantitative estimate of drug-likeness (QED) is 0.662. The van der Waals surface area contributed by atoms with E-state index >= 15 is 0 Å². The number of hydrogen-bond acceptors (Lipinski definition) is 3. The summed E-state index contributed by atoms with van der Waals surface area (Å²) < 4.78 is 29.2. The Balaban J connectivity index is 1.40. The van der Waals surface area contributed by atoms with Crippen LogP contribution in [0.25, 0.3) is 0 Å². The second-order valence-electron chi connectivity index (χ2n) is 10.5. The number of amides is 1. The first kappa shape index (κ1) is 21.5. The number of aryl methyl sites for hydroxylation is 2. The first-order valence-corrected chi connectivity index (χ1v) is 13.1. The molecule has 4 aliphatic carbocycles. The topological polar surface area (TPSA) is 75.3 Å². The monoisotopic (exact) mass is 452 g/mol. The van der Waals surface area contributed by atoms with E-state index in [0.717, 1.165) is 48.1 Å². The minimum Gasteiger partial charge on any atom is -0.347 e. The van der Waals surface area contributed by atoms with Crippen molar-refractivity contribution in [3.63, 3.8) is 0 Å². The minimum absolute atomic E-state index is 0.104. The molecule has 0 aromatic heterocycles. The molecule has 0 spiro atoms.